The number of aliphatic carboxylic acids is 1. The van der Waals surface area contributed by atoms with Gasteiger partial charge in [0.2, 0.25) is 5.91 Å². The van der Waals surface area contributed by atoms with E-state index in [2.05, 4.69) is 20.8 Å². The van der Waals surface area contributed by atoms with Crippen molar-refractivity contribution in [1.82, 2.24) is 0 Å². The first kappa shape index (κ1) is 22.2. The molecule has 0 aliphatic heterocycles. The number of amides is 1. The minimum atomic E-state index is -0.673. The van der Waals surface area contributed by atoms with Crippen LogP contribution in [0.1, 0.15) is 91.4 Å². The number of hydrogen-bond donors (Lipinski definition) is 2. The Kier molecular flexibility index (Phi) is 18.0. The summed E-state index contributed by atoms with van der Waals surface area (Å²) in [6, 6.07) is 0. The Labute approximate surface area is 130 Å². The molecule has 0 aromatic carbocycles. The van der Waals surface area contributed by atoms with Crippen LogP contribution in [0, 0.1) is 5.92 Å². The average molecular weight is 301 g/mol. The number of nitrogens with two attached hydrogens (primary N) is 1. The van der Waals surface area contributed by atoms with Crippen LogP contribution in [0.3, 0.4) is 0 Å². The Balaban J connectivity index is 0. The Hall–Kier alpha value is -1.06. The van der Waals surface area contributed by atoms with Crippen LogP contribution in [0.2, 0.25) is 0 Å². The van der Waals surface area contributed by atoms with Crippen molar-refractivity contribution < 1.29 is 14.7 Å². The number of primary amides is 1. The van der Waals surface area contributed by atoms with Gasteiger partial charge < -0.3 is 10.8 Å². The van der Waals surface area contributed by atoms with E-state index in [0.29, 0.717) is 18.8 Å². The zero-order valence-corrected chi connectivity index (χ0v) is 14.2. The average Bonchev–Trinajstić information content (AvgIpc) is 2.43. The van der Waals surface area contributed by atoms with E-state index in [1.165, 1.54) is 38.5 Å². The van der Waals surface area contributed by atoms with Gasteiger partial charge in [-0.3, -0.25) is 9.59 Å². The largest absolute Gasteiger partial charge is 0.481 e. The predicted octanol–water partition coefficient (Wildman–Crippen LogP) is 4.51. The fourth-order valence-electron chi connectivity index (χ4n) is 1.97. The molecule has 0 saturated carbocycles. The van der Waals surface area contributed by atoms with Gasteiger partial charge in [0, 0.05) is 12.8 Å². The topological polar surface area (TPSA) is 80.4 Å². The maximum atomic E-state index is 10.3. The number of carboxylic acid groups (broad SMARTS) is 1. The summed E-state index contributed by atoms with van der Waals surface area (Å²) in [5.41, 5.74) is 4.97. The molecule has 1 atom stereocenters. The normalized spacial score (nSPS) is 11.4. The highest BCUT2D eigenvalue weighted by atomic mass is 16.4. The first-order chi connectivity index (χ1) is 9.93. The van der Waals surface area contributed by atoms with Crippen molar-refractivity contribution in [3.8, 4) is 0 Å². The van der Waals surface area contributed by atoms with E-state index in [-0.39, 0.29) is 5.91 Å². The lowest BCUT2D eigenvalue weighted by molar-refractivity contribution is -0.137. The summed E-state index contributed by atoms with van der Waals surface area (Å²) in [7, 11) is 0. The number of carboxylic acids is 1. The number of carbonyl (C=O) groups excluding carboxylic acids is 1. The highest BCUT2D eigenvalue weighted by Gasteiger charge is 2.03. The summed E-state index contributed by atoms with van der Waals surface area (Å²) < 4.78 is 0. The van der Waals surface area contributed by atoms with Gasteiger partial charge in [0.25, 0.3) is 0 Å². The Morgan fingerprint density at radius 1 is 0.905 bits per heavy atom. The molecule has 0 bridgehead atoms. The van der Waals surface area contributed by atoms with Crippen LogP contribution in [-0.4, -0.2) is 17.0 Å². The Morgan fingerprint density at radius 3 is 1.95 bits per heavy atom. The van der Waals surface area contributed by atoms with Crippen molar-refractivity contribution in [1.29, 1.82) is 0 Å². The van der Waals surface area contributed by atoms with E-state index in [9.17, 15) is 9.59 Å². The summed E-state index contributed by atoms with van der Waals surface area (Å²) in [5.74, 6) is -0.268. The van der Waals surface area contributed by atoms with Gasteiger partial charge in [-0.2, -0.15) is 0 Å². The molecule has 0 aliphatic carbocycles. The third-order valence-corrected chi connectivity index (χ3v) is 3.43. The maximum Gasteiger partial charge on any atom is 0.303 e. The van der Waals surface area contributed by atoms with Crippen LogP contribution in [-0.2, 0) is 9.59 Å². The van der Waals surface area contributed by atoms with E-state index in [1.807, 2.05) is 0 Å². The second-order valence-corrected chi connectivity index (χ2v) is 5.81. The van der Waals surface area contributed by atoms with Gasteiger partial charge in [0.05, 0.1) is 0 Å². The van der Waals surface area contributed by atoms with Gasteiger partial charge in [0.1, 0.15) is 0 Å². The molecule has 0 aromatic rings. The second-order valence-electron chi connectivity index (χ2n) is 5.81. The molecular weight excluding hydrogens is 266 g/mol. The van der Waals surface area contributed by atoms with Crippen LogP contribution < -0.4 is 5.73 Å². The lowest BCUT2D eigenvalue weighted by Crippen LogP contribution is -2.09. The summed E-state index contributed by atoms with van der Waals surface area (Å²) in [6.07, 6.45) is 11.2. The van der Waals surface area contributed by atoms with Crippen molar-refractivity contribution in [2.24, 2.45) is 11.7 Å². The van der Waals surface area contributed by atoms with Gasteiger partial charge in [-0.15, -0.1) is 0 Å². The monoisotopic (exact) mass is 301 g/mol. The van der Waals surface area contributed by atoms with Crippen LogP contribution in [0.5, 0.6) is 0 Å². The smallest absolute Gasteiger partial charge is 0.303 e. The zero-order valence-electron chi connectivity index (χ0n) is 14.2. The fourth-order valence-corrected chi connectivity index (χ4v) is 1.97. The van der Waals surface area contributed by atoms with Crippen molar-refractivity contribution in [3.05, 3.63) is 0 Å². The summed E-state index contributed by atoms with van der Waals surface area (Å²) >= 11 is 0. The van der Waals surface area contributed by atoms with Crippen molar-refractivity contribution in [2.75, 3.05) is 0 Å². The van der Waals surface area contributed by atoms with Crippen molar-refractivity contribution in [2.45, 2.75) is 91.4 Å². The lowest BCUT2D eigenvalue weighted by atomic mass is 9.99. The molecule has 0 aromatic heterocycles. The summed E-state index contributed by atoms with van der Waals surface area (Å²) in [4.78, 5) is 20.4. The summed E-state index contributed by atoms with van der Waals surface area (Å²) in [5, 5.41) is 8.39. The number of hydrogen-bond acceptors (Lipinski definition) is 2. The highest BCUT2D eigenvalue weighted by molar-refractivity contribution is 5.73. The Bertz CT molecular complexity index is 254. The highest BCUT2D eigenvalue weighted by Crippen LogP contribution is 2.13. The quantitative estimate of drug-likeness (QED) is 0.520. The standard InChI is InChI=1S/C9H18O2.C8H17NO/c1-3-4-5-8(2)6-7-9(10)11;1-2-3-4-5-6-7-8(9)10/h8H,3-7H2,1-2H3,(H,10,11);2-7H2,1H3,(H2,9,10). The zero-order chi connectivity index (χ0) is 16.5. The first-order valence-electron chi connectivity index (χ1n) is 8.44. The third kappa shape index (κ3) is 24.4. The van der Waals surface area contributed by atoms with Crippen LogP contribution in [0.4, 0.5) is 0 Å². The van der Waals surface area contributed by atoms with E-state index in [0.717, 1.165) is 19.3 Å². The molecule has 0 saturated heterocycles. The minimum Gasteiger partial charge on any atom is -0.481 e. The minimum absolute atomic E-state index is 0.170. The Morgan fingerprint density at radius 2 is 1.48 bits per heavy atom. The summed E-state index contributed by atoms with van der Waals surface area (Å²) in [6.45, 7) is 6.45. The molecule has 3 N–H and O–H groups in total. The van der Waals surface area contributed by atoms with E-state index >= 15 is 0 Å². The second kappa shape index (κ2) is 17.0. The van der Waals surface area contributed by atoms with Gasteiger partial charge in [-0.1, -0.05) is 65.7 Å². The predicted molar refractivity (Wildman–Crippen MR) is 88.1 cm³/mol. The molecular formula is C17H35NO3. The maximum absolute atomic E-state index is 10.3. The number of unbranched alkanes of at least 4 members (excludes halogenated alkanes) is 5. The van der Waals surface area contributed by atoms with E-state index < -0.39 is 5.97 Å². The molecule has 0 radical (unpaired) electrons. The molecule has 0 heterocycles. The van der Waals surface area contributed by atoms with E-state index in [1.54, 1.807) is 0 Å². The number of carbonyl (C=O) groups is 2. The van der Waals surface area contributed by atoms with Crippen molar-refractivity contribution >= 4 is 11.9 Å². The third-order valence-electron chi connectivity index (χ3n) is 3.43. The molecule has 1 amide bonds. The molecule has 0 spiro atoms. The van der Waals surface area contributed by atoms with Crippen LogP contribution in [0.15, 0.2) is 0 Å². The molecule has 0 fully saturated rings. The van der Waals surface area contributed by atoms with Crippen LogP contribution >= 0.6 is 0 Å². The molecule has 21 heavy (non-hydrogen) atoms. The SMILES string of the molecule is CCCCC(C)CCC(=O)O.CCCCCCCC(N)=O. The van der Waals surface area contributed by atoms with Crippen molar-refractivity contribution in [3.63, 3.8) is 0 Å². The fraction of sp³-hybridized carbons (Fsp3) is 0.882. The van der Waals surface area contributed by atoms with Gasteiger partial charge >= 0.3 is 5.97 Å². The molecule has 0 rings (SSSR count). The number of rotatable bonds is 12. The van der Waals surface area contributed by atoms with E-state index in [4.69, 9.17) is 10.8 Å². The lowest BCUT2D eigenvalue weighted by Gasteiger charge is -2.07. The van der Waals surface area contributed by atoms with Gasteiger partial charge in [0.15, 0.2) is 0 Å². The molecule has 0 aliphatic rings. The molecule has 4 nitrogen and oxygen atoms in total. The van der Waals surface area contributed by atoms with Crippen LogP contribution in [0.25, 0.3) is 0 Å². The van der Waals surface area contributed by atoms with Gasteiger partial charge in [-0.25, -0.2) is 0 Å². The molecule has 126 valence electrons. The first-order valence-corrected chi connectivity index (χ1v) is 8.44. The molecule has 1 unspecified atom stereocenters. The van der Waals surface area contributed by atoms with Gasteiger partial charge in [-0.05, 0) is 18.8 Å². The molecule has 4 heteroatoms.